The molecular weight excluding hydrogens is 396 g/mol. The molecular formula is C14H16N6O5S2. The normalized spacial score (nSPS) is 24.6. The number of aromatic nitrogens is 1. The lowest BCUT2D eigenvalue weighted by Gasteiger charge is -2.56. The molecule has 0 spiro atoms. The van der Waals surface area contributed by atoms with Gasteiger partial charge in [-0.05, 0) is 6.08 Å². The zero-order valence-corrected chi connectivity index (χ0v) is 15.7. The minimum absolute atomic E-state index is 0.125. The molecule has 1 unspecified atom stereocenters. The Morgan fingerprint density at radius 3 is 2.89 bits per heavy atom. The van der Waals surface area contributed by atoms with Crippen LogP contribution < -0.4 is 16.8 Å². The molecule has 0 saturated carbocycles. The Morgan fingerprint density at radius 2 is 2.33 bits per heavy atom. The van der Waals surface area contributed by atoms with Crippen LogP contribution in [-0.4, -0.2) is 68.8 Å². The van der Waals surface area contributed by atoms with Gasteiger partial charge in [-0.2, -0.15) is 0 Å². The van der Waals surface area contributed by atoms with E-state index in [1.54, 1.807) is 0 Å². The number of thioether (sulfide) groups is 1. The summed E-state index contributed by atoms with van der Waals surface area (Å²) in [7, 11) is 1.26. The van der Waals surface area contributed by atoms with E-state index in [2.05, 4.69) is 15.5 Å². The average Bonchev–Trinajstić information content (AvgIpc) is 3.08. The van der Waals surface area contributed by atoms with Crippen LogP contribution in [0, 0.1) is 0 Å². The highest BCUT2D eigenvalue weighted by Gasteiger charge is 2.64. The Kier molecular flexibility index (Phi) is 5.08. The number of nitrogen functional groups attached to an aromatic ring is 1. The Bertz CT molecular complexity index is 868. The number of nitrogens with two attached hydrogens (primary N) is 2. The Labute approximate surface area is 161 Å². The van der Waals surface area contributed by atoms with Gasteiger partial charge in [0.1, 0.15) is 23.9 Å². The van der Waals surface area contributed by atoms with Gasteiger partial charge in [0, 0.05) is 17.7 Å². The number of amides is 2. The van der Waals surface area contributed by atoms with Crippen molar-refractivity contribution in [2.45, 2.75) is 10.9 Å². The monoisotopic (exact) mass is 412 g/mol. The quantitative estimate of drug-likeness (QED) is 0.253. The van der Waals surface area contributed by atoms with E-state index in [-0.39, 0.29) is 28.8 Å². The van der Waals surface area contributed by atoms with Crippen molar-refractivity contribution in [3.8, 4) is 0 Å². The average molecular weight is 412 g/mol. The number of nitrogens with one attached hydrogen (secondary N) is 1. The Morgan fingerprint density at radius 1 is 1.59 bits per heavy atom. The van der Waals surface area contributed by atoms with Crippen molar-refractivity contribution in [2.24, 2.45) is 10.9 Å². The van der Waals surface area contributed by atoms with Gasteiger partial charge in [0.2, 0.25) is 0 Å². The number of nitrogens with zero attached hydrogens (tertiary/aromatic N) is 3. The van der Waals surface area contributed by atoms with Crippen molar-refractivity contribution in [1.29, 1.82) is 0 Å². The lowest BCUT2D eigenvalue weighted by atomic mass is 9.86. The predicted octanol–water partition coefficient (Wildman–Crippen LogP) is -1.23. The zero-order valence-electron chi connectivity index (χ0n) is 14.0. The summed E-state index contributed by atoms with van der Waals surface area (Å²) in [5, 5.41) is 16.7. The van der Waals surface area contributed by atoms with E-state index in [4.69, 9.17) is 16.3 Å². The number of hydrogen-bond donors (Lipinski definition) is 4. The number of hydrogen-bond acceptors (Lipinski definition) is 10. The second kappa shape index (κ2) is 7.17. The van der Waals surface area contributed by atoms with Gasteiger partial charge in [-0.3, -0.25) is 14.5 Å². The number of β-lactam (4-membered cyclic amide) rings is 1. The summed E-state index contributed by atoms with van der Waals surface area (Å²) in [5.41, 5.74) is 9.84. The molecule has 1 aromatic heterocycles. The first-order valence-corrected chi connectivity index (χ1v) is 9.52. The number of thiazole rings is 1. The van der Waals surface area contributed by atoms with Gasteiger partial charge < -0.3 is 26.7 Å². The van der Waals surface area contributed by atoms with E-state index in [9.17, 15) is 19.5 Å². The van der Waals surface area contributed by atoms with E-state index >= 15 is 0 Å². The highest BCUT2D eigenvalue weighted by Crippen LogP contribution is 2.43. The smallest absolute Gasteiger partial charge is 0.352 e. The standard InChI is InChI=1S/C14H16N6O5S2/c1-25-19-8(6-4-27-13(16)17-6)9(21)18-14(5-15)11(24)20-7(10(22)23)2-3-26-12(14)20/h2,4,12H,3,5,15H2,1H3,(H2,16,17)(H,18,21)(H,22,23)/b19-8-/t12-,14?/m0/s1. The third-order valence-electron chi connectivity index (χ3n) is 4.09. The lowest BCUT2D eigenvalue weighted by molar-refractivity contribution is -0.157. The minimum atomic E-state index is -1.45. The number of aliphatic carboxylic acids is 1. The van der Waals surface area contributed by atoms with Crippen LogP contribution in [0.5, 0.6) is 0 Å². The molecule has 6 N–H and O–H groups in total. The van der Waals surface area contributed by atoms with E-state index in [0.29, 0.717) is 5.75 Å². The molecule has 3 rings (SSSR count). The van der Waals surface area contributed by atoms with Crippen molar-refractivity contribution in [3.05, 3.63) is 22.8 Å². The minimum Gasteiger partial charge on any atom is -0.477 e. The van der Waals surface area contributed by atoms with Crippen LogP contribution in [0.2, 0.25) is 0 Å². The van der Waals surface area contributed by atoms with Gasteiger partial charge in [0.15, 0.2) is 16.4 Å². The number of carboxylic acid groups (broad SMARTS) is 1. The number of oxime groups is 1. The van der Waals surface area contributed by atoms with Crippen molar-refractivity contribution in [2.75, 3.05) is 25.1 Å². The van der Waals surface area contributed by atoms with Crippen LogP contribution >= 0.6 is 23.1 Å². The molecule has 2 atom stereocenters. The van der Waals surface area contributed by atoms with Gasteiger partial charge >= 0.3 is 5.97 Å². The molecule has 2 aliphatic rings. The van der Waals surface area contributed by atoms with Gasteiger partial charge in [-0.1, -0.05) is 5.16 Å². The summed E-state index contributed by atoms with van der Waals surface area (Å²) < 4.78 is 0. The molecule has 13 heteroatoms. The summed E-state index contributed by atoms with van der Waals surface area (Å²) in [6, 6.07) is 0. The third kappa shape index (κ3) is 3.02. The van der Waals surface area contributed by atoms with E-state index < -0.39 is 28.7 Å². The van der Waals surface area contributed by atoms with Crippen LogP contribution in [0.1, 0.15) is 5.69 Å². The molecule has 0 aromatic carbocycles. The Hall–Kier alpha value is -2.64. The number of carbonyl (C=O) groups excluding carboxylic acids is 2. The first-order valence-electron chi connectivity index (χ1n) is 7.59. The molecule has 1 aromatic rings. The molecule has 11 nitrogen and oxygen atoms in total. The SMILES string of the molecule is CO/N=C(\C(=O)NC1(CN)C(=O)N2C(C(=O)O)=CCS[C@H]21)c1csc(N)n1. The fraction of sp³-hybridized carbons (Fsp3) is 0.357. The van der Waals surface area contributed by atoms with Crippen molar-refractivity contribution in [3.63, 3.8) is 0 Å². The van der Waals surface area contributed by atoms with Crippen LogP contribution in [-0.2, 0) is 19.2 Å². The highest BCUT2D eigenvalue weighted by molar-refractivity contribution is 8.00. The van der Waals surface area contributed by atoms with Crippen molar-refractivity contribution >= 4 is 51.7 Å². The summed E-state index contributed by atoms with van der Waals surface area (Å²) >= 11 is 2.42. The van der Waals surface area contributed by atoms with Gasteiger partial charge in [0.25, 0.3) is 11.8 Å². The molecule has 1 saturated heterocycles. The molecule has 1 fully saturated rings. The van der Waals surface area contributed by atoms with Crippen LogP contribution in [0.25, 0.3) is 0 Å². The number of carbonyl (C=O) groups is 3. The van der Waals surface area contributed by atoms with Crippen molar-refractivity contribution < 1.29 is 24.3 Å². The maximum atomic E-state index is 12.8. The fourth-order valence-electron chi connectivity index (χ4n) is 2.85. The number of carboxylic acids is 1. The highest BCUT2D eigenvalue weighted by atomic mass is 32.2. The fourth-order valence-corrected chi connectivity index (χ4v) is 4.73. The number of anilines is 1. The van der Waals surface area contributed by atoms with Crippen LogP contribution in [0.4, 0.5) is 5.13 Å². The van der Waals surface area contributed by atoms with Crippen LogP contribution in [0.3, 0.4) is 0 Å². The van der Waals surface area contributed by atoms with Gasteiger partial charge in [-0.25, -0.2) is 9.78 Å². The summed E-state index contributed by atoms with van der Waals surface area (Å²) in [6.07, 6.45) is 1.44. The van der Waals surface area contributed by atoms with E-state index in [1.807, 2.05) is 0 Å². The van der Waals surface area contributed by atoms with Crippen LogP contribution in [0.15, 0.2) is 22.3 Å². The van der Waals surface area contributed by atoms with Crippen molar-refractivity contribution in [1.82, 2.24) is 15.2 Å². The second-order valence-electron chi connectivity index (χ2n) is 5.58. The maximum Gasteiger partial charge on any atom is 0.352 e. The molecule has 0 radical (unpaired) electrons. The zero-order chi connectivity index (χ0) is 19.8. The summed E-state index contributed by atoms with van der Waals surface area (Å²) in [5.74, 6) is -2.17. The molecule has 144 valence electrons. The van der Waals surface area contributed by atoms with E-state index in [1.165, 1.54) is 30.3 Å². The maximum absolute atomic E-state index is 12.8. The molecule has 3 heterocycles. The van der Waals surface area contributed by atoms with Gasteiger partial charge in [0.05, 0.1) is 0 Å². The number of fused-ring (bicyclic) bond motifs is 1. The summed E-state index contributed by atoms with van der Waals surface area (Å²) in [4.78, 5) is 46.7. The number of rotatable bonds is 6. The topological polar surface area (TPSA) is 173 Å². The van der Waals surface area contributed by atoms with Gasteiger partial charge in [-0.15, -0.1) is 23.1 Å². The molecule has 2 aliphatic heterocycles. The third-order valence-corrected chi connectivity index (χ3v) is 6.05. The lowest BCUT2D eigenvalue weighted by Crippen LogP contribution is -2.82. The molecule has 0 bridgehead atoms. The molecule has 27 heavy (non-hydrogen) atoms. The molecule has 0 aliphatic carbocycles. The largest absolute Gasteiger partial charge is 0.477 e. The molecule has 2 amide bonds. The van der Waals surface area contributed by atoms with E-state index in [0.717, 1.165) is 16.2 Å². The first kappa shape index (κ1) is 19.1. The predicted molar refractivity (Wildman–Crippen MR) is 98.8 cm³/mol. The second-order valence-corrected chi connectivity index (χ2v) is 7.58. The first-order chi connectivity index (χ1) is 12.9. The summed E-state index contributed by atoms with van der Waals surface area (Å²) in [6.45, 7) is -0.210. The Balaban J connectivity index is 1.88.